The van der Waals surface area contributed by atoms with Crippen LogP contribution < -0.4 is 0 Å². The predicted octanol–water partition coefficient (Wildman–Crippen LogP) is 1.49. The molecule has 0 fully saturated rings. The molecule has 7 heteroatoms. The maximum absolute atomic E-state index is 12.6. The topological polar surface area (TPSA) is 132 Å². The number of hydrogen-bond donors (Lipinski definition) is 4. The number of benzene rings is 2. The van der Waals surface area contributed by atoms with Crippen LogP contribution in [0.15, 0.2) is 18.2 Å². The van der Waals surface area contributed by atoms with Crippen molar-refractivity contribution in [1.29, 1.82) is 0 Å². The Balaban J connectivity index is 2.46. The number of Topliss-reactive ketones (excluding diaryl/α,β-unsaturated/α-hetero) is 1. The van der Waals surface area contributed by atoms with Crippen LogP contribution >= 0.6 is 0 Å². The van der Waals surface area contributed by atoms with Crippen molar-refractivity contribution < 1.29 is 34.8 Å². The quantitative estimate of drug-likeness (QED) is 0.304. The van der Waals surface area contributed by atoms with E-state index in [9.17, 15) is 34.8 Å². The molecule has 0 aromatic heterocycles. The molecule has 0 amide bonds. The molecule has 116 valence electrons. The van der Waals surface area contributed by atoms with Gasteiger partial charge < -0.3 is 20.4 Å². The van der Waals surface area contributed by atoms with Gasteiger partial charge in [-0.25, -0.2) is 0 Å². The van der Waals surface area contributed by atoms with Gasteiger partial charge in [0.1, 0.15) is 0 Å². The minimum Gasteiger partial charge on any atom is -0.504 e. The van der Waals surface area contributed by atoms with Crippen LogP contribution in [0.4, 0.5) is 0 Å². The lowest BCUT2D eigenvalue weighted by Crippen LogP contribution is -2.24. The van der Waals surface area contributed by atoms with Crippen LogP contribution in [0.2, 0.25) is 0 Å². The van der Waals surface area contributed by atoms with E-state index in [1.165, 1.54) is 25.1 Å². The fourth-order valence-corrected chi connectivity index (χ4v) is 2.68. The lowest BCUT2D eigenvalue weighted by atomic mass is 9.80. The number of phenolic OH excluding ortho intramolecular Hbond substituents is 4. The van der Waals surface area contributed by atoms with Crippen LogP contribution in [0.1, 0.15) is 49.1 Å². The van der Waals surface area contributed by atoms with E-state index in [1.807, 2.05) is 0 Å². The molecule has 1 aliphatic rings. The molecule has 0 spiro atoms. The monoisotopic (exact) mass is 314 g/mol. The normalized spacial score (nSPS) is 12.7. The molecule has 2 aromatic carbocycles. The predicted molar refractivity (Wildman–Crippen MR) is 76.4 cm³/mol. The third-order valence-electron chi connectivity index (χ3n) is 3.77. The number of fused-ring (bicyclic) bond motifs is 2. The van der Waals surface area contributed by atoms with Gasteiger partial charge in [0.25, 0.3) is 0 Å². The number of hydrogen-bond acceptors (Lipinski definition) is 7. The Kier molecular flexibility index (Phi) is 2.90. The Labute approximate surface area is 129 Å². The minimum atomic E-state index is -1.12. The van der Waals surface area contributed by atoms with Crippen molar-refractivity contribution in [1.82, 2.24) is 0 Å². The lowest BCUT2D eigenvalue weighted by molar-refractivity contribution is 0.0962. The number of carbonyl (C=O) groups excluding carboxylic acids is 3. The second-order valence-corrected chi connectivity index (χ2v) is 5.09. The molecule has 2 aromatic rings. The van der Waals surface area contributed by atoms with Gasteiger partial charge in [-0.1, -0.05) is 18.2 Å². The standard InChI is InChI=1S/C16H10O7/c1-5(17)6-3-2-4-7-8(6)12(19)10-9(11(7)18)13(20)15(22)16(23)14(10)21/h2-4,20-23H,1H3. The highest BCUT2D eigenvalue weighted by Gasteiger charge is 2.39. The van der Waals surface area contributed by atoms with E-state index in [4.69, 9.17) is 0 Å². The number of ketones is 3. The van der Waals surface area contributed by atoms with Crippen molar-refractivity contribution in [2.45, 2.75) is 6.92 Å². The van der Waals surface area contributed by atoms with Gasteiger partial charge in [0.15, 0.2) is 28.8 Å². The molecule has 4 N–H and O–H groups in total. The van der Waals surface area contributed by atoms with E-state index in [0.29, 0.717) is 0 Å². The Morgan fingerprint density at radius 1 is 0.783 bits per heavy atom. The van der Waals surface area contributed by atoms with Gasteiger partial charge in [0, 0.05) is 16.7 Å². The van der Waals surface area contributed by atoms with Crippen LogP contribution in [0.25, 0.3) is 0 Å². The summed E-state index contributed by atoms with van der Waals surface area (Å²) in [7, 11) is 0. The summed E-state index contributed by atoms with van der Waals surface area (Å²) < 4.78 is 0. The van der Waals surface area contributed by atoms with Crippen LogP contribution in [0.5, 0.6) is 23.0 Å². The lowest BCUT2D eigenvalue weighted by Gasteiger charge is -2.22. The maximum Gasteiger partial charge on any atom is 0.205 e. The minimum absolute atomic E-state index is 0.0158. The highest BCUT2D eigenvalue weighted by Crippen LogP contribution is 2.50. The number of aromatic hydroxyl groups is 4. The van der Waals surface area contributed by atoms with Crippen molar-refractivity contribution in [3.63, 3.8) is 0 Å². The zero-order valence-electron chi connectivity index (χ0n) is 11.7. The SMILES string of the molecule is CC(=O)c1cccc2c1C(=O)c1c(O)c(O)c(O)c(O)c1C2=O. The molecule has 0 unspecified atom stereocenters. The first kappa shape index (κ1) is 14.6. The summed E-state index contributed by atoms with van der Waals surface area (Å²) in [4.78, 5) is 36.9. The molecule has 0 saturated carbocycles. The van der Waals surface area contributed by atoms with Crippen molar-refractivity contribution >= 4 is 17.3 Å². The first-order chi connectivity index (χ1) is 10.8. The van der Waals surface area contributed by atoms with Crippen molar-refractivity contribution in [3.8, 4) is 23.0 Å². The van der Waals surface area contributed by atoms with E-state index >= 15 is 0 Å². The smallest absolute Gasteiger partial charge is 0.205 e. The van der Waals surface area contributed by atoms with E-state index in [2.05, 4.69) is 0 Å². The molecule has 23 heavy (non-hydrogen) atoms. The van der Waals surface area contributed by atoms with Gasteiger partial charge in [-0.15, -0.1) is 0 Å². The zero-order valence-corrected chi connectivity index (χ0v) is 11.7. The number of carbonyl (C=O) groups is 3. The number of rotatable bonds is 1. The van der Waals surface area contributed by atoms with E-state index < -0.39 is 51.5 Å². The van der Waals surface area contributed by atoms with E-state index in [0.717, 1.165) is 0 Å². The molecule has 0 bridgehead atoms. The van der Waals surface area contributed by atoms with Gasteiger partial charge in [-0.2, -0.15) is 0 Å². The first-order valence-electron chi connectivity index (χ1n) is 6.50. The van der Waals surface area contributed by atoms with Crippen molar-refractivity contribution in [2.75, 3.05) is 0 Å². The van der Waals surface area contributed by atoms with E-state index in [1.54, 1.807) is 0 Å². The molecular weight excluding hydrogens is 304 g/mol. The molecule has 3 rings (SSSR count). The van der Waals surface area contributed by atoms with Crippen LogP contribution in [-0.2, 0) is 0 Å². The van der Waals surface area contributed by atoms with Crippen molar-refractivity contribution in [3.05, 3.63) is 46.0 Å². The summed E-state index contributed by atoms with van der Waals surface area (Å²) in [6, 6.07) is 4.06. The van der Waals surface area contributed by atoms with Crippen molar-refractivity contribution in [2.24, 2.45) is 0 Å². The van der Waals surface area contributed by atoms with Crippen LogP contribution in [0.3, 0.4) is 0 Å². The highest BCUT2D eigenvalue weighted by atomic mass is 16.3. The van der Waals surface area contributed by atoms with Gasteiger partial charge >= 0.3 is 0 Å². The third kappa shape index (κ3) is 1.73. The molecule has 7 nitrogen and oxygen atoms in total. The second-order valence-electron chi connectivity index (χ2n) is 5.09. The summed E-state index contributed by atoms with van der Waals surface area (Å²) in [6.45, 7) is 1.22. The molecule has 0 aliphatic heterocycles. The maximum atomic E-state index is 12.6. The Morgan fingerprint density at radius 3 is 1.83 bits per heavy atom. The summed E-state index contributed by atoms with van der Waals surface area (Å²) in [5.41, 5.74) is -1.62. The molecule has 0 radical (unpaired) electrons. The highest BCUT2D eigenvalue weighted by molar-refractivity contribution is 6.32. The number of phenols is 4. The summed E-state index contributed by atoms with van der Waals surface area (Å²) in [5.74, 6) is -6.47. The average molecular weight is 314 g/mol. The van der Waals surface area contributed by atoms with Gasteiger partial charge in [0.05, 0.1) is 11.1 Å². The summed E-state index contributed by atoms with van der Waals surface area (Å²) >= 11 is 0. The van der Waals surface area contributed by atoms with Crippen LogP contribution in [-0.4, -0.2) is 37.8 Å². The first-order valence-corrected chi connectivity index (χ1v) is 6.50. The zero-order chi connectivity index (χ0) is 17.0. The van der Waals surface area contributed by atoms with Gasteiger partial charge in [-0.05, 0) is 6.92 Å². The fraction of sp³-hybridized carbons (Fsp3) is 0.0625. The van der Waals surface area contributed by atoms with E-state index in [-0.39, 0.29) is 16.7 Å². The third-order valence-corrected chi connectivity index (χ3v) is 3.77. The largest absolute Gasteiger partial charge is 0.504 e. The average Bonchev–Trinajstić information content (AvgIpc) is 2.53. The summed E-state index contributed by atoms with van der Waals surface area (Å²) in [6.07, 6.45) is 0. The summed E-state index contributed by atoms with van der Waals surface area (Å²) in [5, 5.41) is 38.9. The Morgan fingerprint density at radius 2 is 1.30 bits per heavy atom. The molecule has 0 saturated heterocycles. The molecule has 0 heterocycles. The Hall–Kier alpha value is -3.35. The fourth-order valence-electron chi connectivity index (χ4n) is 2.68. The molecule has 0 atom stereocenters. The second kappa shape index (κ2) is 4.57. The Bertz CT molecular complexity index is 925. The van der Waals surface area contributed by atoms with Gasteiger partial charge in [-0.3, -0.25) is 14.4 Å². The molecular formula is C16H10O7. The molecule has 1 aliphatic carbocycles. The van der Waals surface area contributed by atoms with Gasteiger partial charge in [0.2, 0.25) is 11.5 Å². The van der Waals surface area contributed by atoms with Crippen LogP contribution in [0, 0.1) is 0 Å².